The van der Waals surface area contributed by atoms with Crippen molar-refractivity contribution in [2.45, 2.75) is 53.3 Å². The lowest BCUT2D eigenvalue weighted by Crippen LogP contribution is -2.42. The maximum atomic E-state index is 14.6. The van der Waals surface area contributed by atoms with Crippen molar-refractivity contribution >= 4 is 17.0 Å². The molecule has 0 unspecified atom stereocenters. The summed E-state index contributed by atoms with van der Waals surface area (Å²) in [5.41, 5.74) is 4.40. The Morgan fingerprint density at radius 3 is 2.39 bits per heavy atom. The minimum Gasteiger partial charge on any atom is -0.444 e. The number of carbonyl (C=O) groups is 1. The van der Waals surface area contributed by atoms with Gasteiger partial charge in [0, 0.05) is 48.6 Å². The molecular formula is C31H33FN6O3. The summed E-state index contributed by atoms with van der Waals surface area (Å²) in [5.74, 6) is -0.269. The fourth-order valence-corrected chi connectivity index (χ4v) is 5.48. The fraction of sp³-hybridized carbons (Fsp3) is 0.323. The molecule has 2 aromatic carbocycles. The molecule has 6 rings (SSSR count). The number of aromatic nitrogens is 5. The van der Waals surface area contributed by atoms with Crippen molar-refractivity contribution in [3.63, 3.8) is 0 Å². The Morgan fingerprint density at radius 1 is 0.976 bits per heavy atom. The van der Waals surface area contributed by atoms with Crippen molar-refractivity contribution in [3.8, 4) is 22.6 Å². The van der Waals surface area contributed by atoms with Crippen LogP contribution in [0.25, 0.3) is 33.5 Å². The first-order valence-corrected chi connectivity index (χ1v) is 13.6. The molecule has 41 heavy (non-hydrogen) atoms. The minimum atomic E-state index is -0.639. The predicted molar refractivity (Wildman–Crippen MR) is 155 cm³/mol. The molecule has 1 aliphatic heterocycles. The van der Waals surface area contributed by atoms with Gasteiger partial charge in [-0.05, 0) is 82.1 Å². The molecule has 0 saturated carbocycles. The molecule has 1 amide bonds. The molecule has 0 spiro atoms. The van der Waals surface area contributed by atoms with Crippen LogP contribution in [0.4, 0.5) is 9.18 Å². The van der Waals surface area contributed by atoms with E-state index >= 15 is 0 Å². The summed E-state index contributed by atoms with van der Waals surface area (Å²) in [6.07, 6.45) is 5.01. The lowest BCUT2D eigenvalue weighted by Gasteiger charge is -2.30. The van der Waals surface area contributed by atoms with Crippen LogP contribution in [-0.4, -0.2) is 46.6 Å². The summed E-state index contributed by atoms with van der Waals surface area (Å²) in [6.45, 7) is 9.98. The van der Waals surface area contributed by atoms with Gasteiger partial charge in [-0.1, -0.05) is 0 Å². The van der Waals surface area contributed by atoms with E-state index in [0.29, 0.717) is 46.9 Å². The third-order valence-electron chi connectivity index (χ3n) is 7.48. The number of fused-ring (bicyclic) bond motifs is 2. The summed E-state index contributed by atoms with van der Waals surface area (Å²) < 4.78 is 27.2. The fourth-order valence-electron chi connectivity index (χ4n) is 5.48. The van der Waals surface area contributed by atoms with Gasteiger partial charge in [-0.2, -0.15) is 5.10 Å². The van der Waals surface area contributed by atoms with Crippen molar-refractivity contribution < 1.29 is 13.9 Å². The van der Waals surface area contributed by atoms with E-state index in [-0.39, 0.29) is 18.1 Å². The van der Waals surface area contributed by atoms with Crippen LogP contribution in [0.1, 0.15) is 37.6 Å². The zero-order valence-electron chi connectivity index (χ0n) is 24.1. The van der Waals surface area contributed by atoms with Gasteiger partial charge in [0.1, 0.15) is 22.8 Å². The highest BCUT2D eigenvalue weighted by Gasteiger charge is 2.31. The number of halogens is 1. The molecule has 1 aliphatic rings. The van der Waals surface area contributed by atoms with Gasteiger partial charge in [0.05, 0.1) is 24.5 Å². The lowest BCUT2D eigenvalue weighted by atomic mass is 10.0. The van der Waals surface area contributed by atoms with Crippen molar-refractivity contribution in [2.75, 3.05) is 6.54 Å². The number of rotatable bonds is 3. The highest BCUT2D eigenvalue weighted by Crippen LogP contribution is 2.33. The first kappa shape index (κ1) is 26.6. The highest BCUT2D eigenvalue weighted by molar-refractivity contribution is 5.82. The predicted octanol–water partition coefficient (Wildman–Crippen LogP) is 5.49. The Kier molecular flexibility index (Phi) is 6.17. The standard InChI is InChI=1S/C31H33FN6O3/c1-19-15-22(16-20(2)26(19)32)27-28(25-18-35(11-14-38(25)33-27)30(40)41-31(3,4)5)37-13-12-36(29(37)39)23-7-8-24-21(17-23)9-10-34(24)6/h7-10,12-13,15-17H,11,14,18H2,1-6H3. The zero-order valence-corrected chi connectivity index (χ0v) is 24.1. The van der Waals surface area contributed by atoms with Crippen LogP contribution in [0.2, 0.25) is 0 Å². The van der Waals surface area contributed by atoms with Gasteiger partial charge in [-0.25, -0.2) is 14.0 Å². The van der Waals surface area contributed by atoms with E-state index in [1.807, 2.05) is 67.5 Å². The van der Waals surface area contributed by atoms with Crippen LogP contribution in [0.15, 0.2) is 59.8 Å². The molecule has 0 radical (unpaired) electrons. The summed E-state index contributed by atoms with van der Waals surface area (Å²) in [7, 11) is 1.98. The number of hydrogen-bond acceptors (Lipinski definition) is 4. The van der Waals surface area contributed by atoms with Crippen LogP contribution in [0, 0.1) is 19.7 Å². The number of aryl methyl sites for hydroxylation is 3. The van der Waals surface area contributed by atoms with Gasteiger partial charge in [0.2, 0.25) is 0 Å². The second-order valence-corrected chi connectivity index (χ2v) is 11.7. The molecule has 0 bridgehead atoms. The van der Waals surface area contributed by atoms with E-state index in [2.05, 4.69) is 0 Å². The van der Waals surface area contributed by atoms with Gasteiger partial charge in [0.15, 0.2) is 0 Å². The molecule has 5 aromatic rings. The Balaban J connectivity index is 1.50. The maximum Gasteiger partial charge on any atom is 0.410 e. The second kappa shape index (κ2) is 9.50. The third kappa shape index (κ3) is 4.63. The normalized spacial score (nSPS) is 13.6. The molecule has 0 N–H and O–H groups in total. The Hall–Kier alpha value is -4.60. The molecule has 4 heterocycles. The first-order valence-electron chi connectivity index (χ1n) is 13.6. The van der Waals surface area contributed by atoms with Gasteiger partial charge < -0.3 is 14.2 Å². The average molecular weight is 557 g/mol. The van der Waals surface area contributed by atoms with Gasteiger partial charge >= 0.3 is 11.8 Å². The molecule has 10 heteroatoms. The minimum absolute atomic E-state index is 0.212. The molecule has 0 fully saturated rings. The number of nitrogens with zero attached hydrogens (tertiary/aromatic N) is 6. The van der Waals surface area contributed by atoms with Crippen LogP contribution in [0.3, 0.4) is 0 Å². The number of imidazole rings is 1. The Morgan fingerprint density at radius 2 is 1.68 bits per heavy atom. The summed E-state index contributed by atoms with van der Waals surface area (Å²) in [5, 5.41) is 5.91. The number of ether oxygens (including phenoxy) is 1. The number of amides is 1. The van der Waals surface area contributed by atoms with Crippen LogP contribution in [0.5, 0.6) is 0 Å². The first-order chi connectivity index (χ1) is 19.4. The molecule has 0 aliphatic carbocycles. The van der Waals surface area contributed by atoms with Crippen LogP contribution >= 0.6 is 0 Å². The Bertz CT molecular complexity index is 1860. The maximum absolute atomic E-state index is 14.6. The summed E-state index contributed by atoms with van der Waals surface area (Å²) in [6, 6.07) is 11.4. The van der Waals surface area contributed by atoms with Crippen molar-refractivity contribution in [1.29, 1.82) is 0 Å². The van der Waals surface area contributed by atoms with E-state index in [4.69, 9.17) is 9.84 Å². The zero-order chi connectivity index (χ0) is 29.2. The number of carbonyl (C=O) groups excluding carboxylic acids is 1. The highest BCUT2D eigenvalue weighted by atomic mass is 19.1. The quantitative estimate of drug-likeness (QED) is 0.294. The van der Waals surface area contributed by atoms with Crippen molar-refractivity contribution in [3.05, 3.63) is 88.1 Å². The molecule has 212 valence electrons. The van der Waals surface area contributed by atoms with Gasteiger partial charge in [-0.3, -0.25) is 13.8 Å². The van der Waals surface area contributed by atoms with Gasteiger partial charge in [0.25, 0.3) is 0 Å². The molecule has 0 atom stereocenters. The topological polar surface area (TPSA) is 79.2 Å². The number of hydrogen-bond donors (Lipinski definition) is 0. The van der Waals surface area contributed by atoms with Crippen molar-refractivity contribution in [1.82, 2.24) is 28.4 Å². The average Bonchev–Trinajstić information content (AvgIpc) is 3.59. The van der Waals surface area contributed by atoms with E-state index < -0.39 is 11.7 Å². The monoisotopic (exact) mass is 556 g/mol. The SMILES string of the molecule is Cc1cc(-c2nn3c(c2-n2ccn(-c4ccc5c(ccn5C)c4)c2=O)CN(C(=O)OC(C)(C)C)CC3)cc(C)c1F. The molecule has 9 nitrogen and oxygen atoms in total. The third-order valence-corrected chi connectivity index (χ3v) is 7.48. The van der Waals surface area contributed by atoms with Crippen LogP contribution in [-0.2, 0) is 24.9 Å². The molecule has 3 aromatic heterocycles. The summed E-state index contributed by atoms with van der Waals surface area (Å²) in [4.78, 5) is 28.6. The van der Waals surface area contributed by atoms with E-state index in [1.165, 1.54) is 0 Å². The van der Waals surface area contributed by atoms with E-state index in [1.54, 1.807) is 52.4 Å². The lowest BCUT2D eigenvalue weighted by molar-refractivity contribution is 0.0194. The second-order valence-electron chi connectivity index (χ2n) is 11.7. The van der Waals surface area contributed by atoms with Crippen LogP contribution < -0.4 is 5.69 Å². The molecular weight excluding hydrogens is 523 g/mol. The molecule has 0 saturated heterocycles. The van der Waals surface area contributed by atoms with E-state index in [0.717, 1.165) is 16.6 Å². The largest absolute Gasteiger partial charge is 0.444 e. The van der Waals surface area contributed by atoms with Gasteiger partial charge in [-0.15, -0.1) is 0 Å². The number of benzene rings is 2. The smallest absolute Gasteiger partial charge is 0.410 e. The Labute approximate surface area is 237 Å². The summed E-state index contributed by atoms with van der Waals surface area (Å²) >= 11 is 0. The van der Waals surface area contributed by atoms with E-state index in [9.17, 15) is 14.0 Å². The van der Waals surface area contributed by atoms with Crippen molar-refractivity contribution in [2.24, 2.45) is 7.05 Å².